The Labute approximate surface area is 174 Å². The first kappa shape index (κ1) is 22.3. The Hall–Kier alpha value is -2.03. The number of carbonyl (C=O) groups excluding carboxylic acids is 1. The van der Waals surface area contributed by atoms with Gasteiger partial charge in [-0.2, -0.15) is 20.2 Å². The number of ether oxygens (including phenoxy) is 1. The van der Waals surface area contributed by atoms with Crippen molar-refractivity contribution in [2.24, 2.45) is 15.9 Å². The molecule has 0 aromatic carbocycles. The molecule has 0 bridgehead atoms. The Morgan fingerprint density at radius 2 is 2.18 bits per heavy atom. The maximum Gasteiger partial charge on any atom is 0.354 e. The predicted molar refractivity (Wildman–Crippen MR) is 111 cm³/mol. The summed E-state index contributed by atoms with van der Waals surface area (Å²) in [4.78, 5) is 15.3. The van der Waals surface area contributed by atoms with Crippen LogP contribution < -0.4 is 22.1 Å². The van der Waals surface area contributed by atoms with Crippen LogP contribution in [0.1, 0.15) is 12.6 Å². The van der Waals surface area contributed by atoms with Crippen molar-refractivity contribution in [3.8, 4) is 0 Å². The van der Waals surface area contributed by atoms with Crippen LogP contribution >= 0.6 is 34.7 Å². The summed E-state index contributed by atoms with van der Waals surface area (Å²) in [5.74, 6) is -0.272. The molecule has 0 spiro atoms. The van der Waals surface area contributed by atoms with Gasteiger partial charge in [0.1, 0.15) is 10.0 Å². The summed E-state index contributed by atoms with van der Waals surface area (Å²) in [6, 6.07) is 0. The van der Waals surface area contributed by atoms with Gasteiger partial charge in [-0.1, -0.05) is 22.9 Å². The van der Waals surface area contributed by atoms with Crippen LogP contribution in [-0.4, -0.2) is 50.1 Å². The van der Waals surface area contributed by atoms with Crippen LogP contribution in [0.25, 0.3) is 0 Å². The predicted octanol–water partition coefficient (Wildman–Crippen LogP) is 0.400. The van der Waals surface area contributed by atoms with E-state index in [0.717, 1.165) is 0 Å². The monoisotopic (exact) mass is 467 g/mol. The van der Waals surface area contributed by atoms with Gasteiger partial charge in [-0.25, -0.2) is 9.78 Å². The van der Waals surface area contributed by atoms with Gasteiger partial charge in [0.05, 0.1) is 12.3 Å². The number of amidine groups is 1. The van der Waals surface area contributed by atoms with Gasteiger partial charge in [0.15, 0.2) is 16.9 Å². The molecule has 0 unspecified atom stereocenters. The number of hydrogen-bond acceptors (Lipinski definition) is 10. The molecule has 2 heterocycles. The van der Waals surface area contributed by atoms with E-state index < -0.39 is 20.9 Å². The van der Waals surface area contributed by atoms with Gasteiger partial charge in [-0.3, -0.25) is 5.41 Å². The molecule has 7 N–H and O–H groups in total. The first-order chi connectivity index (χ1) is 13.2. The third-order valence-corrected chi connectivity index (χ3v) is 6.65. The molecule has 0 aliphatic carbocycles. The lowest BCUT2D eigenvalue weighted by molar-refractivity contribution is -0.137. The number of anilines is 1. The summed E-state index contributed by atoms with van der Waals surface area (Å²) < 4.78 is 32.6. The number of thioether (sulfide) groups is 1. The number of guanidine groups is 1. The highest BCUT2D eigenvalue weighted by molar-refractivity contribution is 7.98. The van der Waals surface area contributed by atoms with E-state index in [1.165, 1.54) is 23.1 Å². The summed E-state index contributed by atoms with van der Waals surface area (Å²) in [5.41, 5.74) is 11.4. The number of thiazole rings is 1. The standard InChI is InChI=1S/C13H18ClN7O4S3/c1-2-25-11(22)8-7(15)10(21-28(8,23)24)18-3-4-26-5-6-9(14)27-13(19-6)20-12(16)17/h2-5,15H2,1H3,(H,18,21)(H4,16,17,19,20). The Kier molecular flexibility index (Phi) is 7.51. The molecule has 0 amide bonds. The molecule has 0 saturated carbocycles. The summed E-state index contributed by atoms with van der Waals surface area (Å²) in [7, 11) is -4.17. The fourth-order valence-electron chi connectivity index (χ4n) is 2.00. The number of sulfonamides is 1. The van der Waals surface area contributed by atoms with Crippen molar-refractivity contribution >= 4 is 67.6 Å². The van der Waals surface area contributed by atoms with Crippen LogP contribution in [0.4, 0.5) is 5.13 Å². The van der Waals surface area contributed by atoms with Gasteiger partial charge in [0.25, 0.3) is 10.0 Å². The maximum atomic E-state index is 12.0. The number of nitrogens with one attached hydrogen (secondary N) is 3. The van der Waals surface area contributed by atoms with E-state index in [1.807, 2.05) is 0 Å². The number of esters is 1. The van der Waals surface area contributed by atoms with Crippen LogP contribution in [0.3, 0.4) is 0 Å². The Morgan fingerprint density at radius 1 is 1.46 bits per heavy atom. The number of halogens is 1. The molecular formula is C13H18ClN7O4S3. The minimum absolute atomic E-state index is 0.0212. The first-order valence-corrected chi connectivity index (χ1v) is 11.5. The Morgan fingerprint density at radius 3 is 2.82 bits per heavy atom. The lowest BCUT2D eigenvalue weighted by Crippen LogP contribution is -2.30. The van der Waals surface area contributed by atoms with Gasteiger partial charge in [-0.05, 0) is 6.92 Å². The second kappa shape index (κ2) is 9.45. The topological polar surface area (TPSA) is 186 Å². The minimum Gasteiger partial charge on any atom is -0.462 e. The molecule has 1 aromatic heterocycles. The van der Waals surface area contributed by atoms with Crippen LogP contribution in [0.2, 0.25) is 4.34 Å². The summed E-state index contributed by atoms with van der Waals surface area (Å²) >= 11 is 8.75. The van der Waals surface area contributed by atoms with Crippen LogP contribution in [0.15, 0.2) is 15.0 Å². The molecule has 1 aliphatic heterocycles. The lowest BCUT2D eigenvalue weighted by Gasteiger charge is -2.06. The second-order valence-electron chi connectivity index (χ2n) is 5.14. The van der Waals surface area contributed by atoms with Crippen LogP contribution in [-0.2, 0) is 25.3 Å². The molecule has 0 fully saturated rings. The first-order valence-electron chi connectivity index (χ1n) is 7.75. The lowest BCUT2D eigenvalue weighted by atomic mass is 10.3. The number of nitrogens with two attached hydrogens (primary N) is 2. The van der Waals surface area contributed by atoms with Crippen molar-refractivity contribution in [1.82, 2.24) is 10.3 Å². The highest BCUT2D eigenvalue weighted by atomic mass is 35.5. The molecule has 1 aromatic rings. The number of carbonyl (C=O) groups is 1. The SMILES string of the molecule is CCOC(=O)C1=C(N)C(NCCSCc2nc(NC(=N)N)sc2Cl)=NS1(=O)=O. The molecule has 15 heteroatoms. The van der Waals surface area contributed by atoms with Gasteiger partial charge in [0, 0.05) is 18.1 Å². The number of aromatic nitrogens is 1. The zero-order chi connectivity index (χ0) is 20.9. The Balaban J connectivity index is 1.86. The average Bonchev–Trinajstić information content (AvgIpc) is 3.02. The summed E-state index contributed by atoms with van der Waals surface area (Å²) in [5, 5.41) is 13.0. The van der Waals surface area contributed by atoms with E-state index in [9.17, 15) is 13.2 Å². The minimum atomic E-state index is -4.17. The van der Waals surface area contributed by atoms with E-state index in [1.54, 1.807) is 6.92 Å². The van der Waals surface area contributed by atoms with Crippen molar-refractivity contribution in [2.45, 2.75) is 12.7 Å². The number of nitrogens with zero attached hydrogens (tertiary/aromatic N) is 2. The highest BCUT2D eigenvalue weighted by Crippen LogP contribution is 2.30. The molecule has 0 radical (unpaired) electrons. The van der Waals surface area contributed by atoms with Gasteiger partial charge in [0.2, 0.25) is 4.91 Å². The van der Waals surface area contributed by atoms with Gasteiger partial charge in [-0.15, -0.1) is 4.40 Å². The van der Waals surface area contributed by atoms with Crippen molar-refractivity contribution < 1.29 is 17.9 Å². The van der Waals surface area contributed by atoms with Crippen molar-refractivity contribution in [1.29, 1.82) is 5.41 Å². The van der Waals surface area contributed by atoms with E-state index in [2.05, 4.69) is 20.0 Å². The molecule has 0 atom stereocenters. The quantitative estimate of drug-likeness (QED) is 0.155. The second-order valence-corrected chi connectivity index (χ2v) is 9.38. The normalized spacial score (nSPS) is 15.3. The smallest absolute Gasteiger partial charge is 0.354 e. The van der Waals surface area contributed by atoms with Crippen molar-refractivity contribution in [2.75, 3.05) is 24.2 Å². The number of rotatable bonds is 8. The van der Waals surface area contributed by atoms with Crippen LogP contribution in [0.5, 0.6) is 0 Å². The van der Waals surface area contributed by atoms with Crippen molar-refractivity contribution in [3.63, 3.8) is 0 Å². The van der Waals surface area contributed by atoms with E-state index in [4.69, 9.17) is 33.2 Å². The molecule has 11 nitrogen and oxygen atoms in total. The average molecular weight is 468 g/mol. The fraction of sp³-hybridized carbons (Fsp3) is 0.385. The molecule has 154 valence electrons. The molecule has 2 rings (SSSR count). The number of hydrogen-bond donors (Lipinski definition) is 5. The molecule has 28 heavy (non-hydrogen) atoms. The maximum absolute atomic E-state index is 12.0. The van der Waals surface area contributed by atoms with Crippen molar-refractivity contribution in [3.05, 3.63) is 20.6 Å². The third-order valence-electron chi connectivity index (χ3n) is 3.10. The van der Waals surface area contributed by atoms with E-state index >= 15 is 0 Å². The highest BCUT2D eigenvalue weighted by Gasteiger charge is 2.37. The fourth-order valence-corrected chi connectivity index (χ4v) is 5.15. The van der Waals surface area contributed by atoms with E-state index in [-0.39, 0.29) is 24.1 Å². The Bertz CT molecular complexity index is 942. The summed E-state index contributed by atoms with van der Waals surface area (Å²) in [6.07, 6.45) is 0. The van der Waals surface area contributed by atoms with E-state index in [0.29, 0.717) is 33.2 Å². The molecule has 1 aliphatic rings. The largest absolute Gasteiger partial charge is 0.462 e. The molecule has 0 saturated heterocycles. The summed E-state index contributed by atoms with van der Waals surface area (Å²) in [6.45, 7) is 1.92. The molecular weight excluding hydrogens is 450 g/mol. The zero-order valence-corrected chi connectivity index (χ0v) is 17.8. The van der Waals surface area contributed by atoms with Gasteiger partial charge < -0.3 is 26.8 Å². The van der Waals surface area contributed by atoms with Gasteiger partial charge >= 0.3 is 5.97 Å². The third kappa shape index (κ3) is 5.50. The zero-order valence-electron chi connectivity index (χ0n) is 14.6. The van der Waals surface area contributed by atoms with Crippen LogP contribution in [0, 0.1) is 5.41 Å².